The molecule has 0 saturated carbocycles. The van der Waals surface area contributed by atoms with E-state index in [4.69, 9.17) is 0 Å². The lowest BCUT2D eigenvalue weighted by Crippen LogP contribution is -2.45. The maximum absolute atomic E-state index is 14.7. The number of amides is 3. The van der Waals surface area contributed by atoms with Gasteiger partial charge in [0.25, 0.3) is 5.91 Å². The zero-order chi connectivity index (χ0) is 26.0. The van der Waals surface area contributed by atoms with Gasteiger partial charge in [-0.25, -0.2) is 28.4 Å². The van der Waals surface area contributed by atoms with Gasteiger partial charge in [-0.05, 0) is 58.4 Å². The molecule has 2 aromatic rings. The number of carbonyl (C=O) groups is 2. The number of nitrogens with one attached hydrogen (secondary N) is 2. The molecule has 1 aliphatic rings. The van der Waals surface area contributed by atoms with Crippen molar-refractivity contribution in [1.82, 2.24) is 20.6 Å². The zero-order valence-electron chi connectivity index (χ0n) is 20.3. The molecule has 8 nitrogen and oxygen atoms in total. The van der Waals surface area contributed by atoms with Gasteiger partial charge in [-0.2, -0.15) is 0 Å². The van der Waals surface area contributed by atoms with E-state index in [9.17, 15) is 22.6 Å². The average Bonchev–Trinajstić information content (AvgIpc) is 2.79. The van der Waals surface area contributed by atoms with E-state index in [1.807, 2.05) is 20.8 Å². The molecule has 2 N–H and O–H groups in total. The molecule has 1 aliphatic heterocycles. The Morgan fingerprint density at radius 1 is 1.29 bits per heavy atom. The fraction of sp³-hybridized carbons (Fsp3) is 0.333. The van der Waals surface area contributed by atoms with Crippen LogP contribution in [0.4, 0.5) is 19.4 Å². The summed E-state index contributed by atoms with van der Waals surface area (Å²) < 4.78 is 41.6. The van der Waals surface area contributed by atoms with Crippen molar-refractivity contribution in [3.8, 4) is 11.3 Å². The number of benzene rings is 1. The van der Waals surface area contributed by atoms with Crippen LogP contribution in [0.25, 0.3) is 11.3 Å². The van der Waals surface area contributed by atoms with Crippen LogP contribution in [-0.2, 0) is 17.3 Å². The number of carbonyl (C=O) groups excluding carboxylic acids is 2. The maximum Gasteiger partial charge on any atom is 0.328 e. The second kappa shape index (κ2) is 10.4. The molecule has 0 aliphatic carbocycles. The Balaban J connectivity index is 2.33. The highest BCUT2D eigenvalue weighted by Crippen LogP contribution is 2.37. The monoisotopic (exact) mass is 503 g/mol. The van der Waals surface area contributed by atoms with Crippen molar-refractivity contribution in [2.24, 2.45) is 0 Å². The van der Waals surface area contributed by atoms with Gasteiger partial charge in [-0.3, -0.25) is 9.00 Å². The average molecular weight is 504 g/mol. The highest BCUT2D eigenvalue weighted by molar-refractivity contribution is 7.84. The number of aryl methyl sites for hydroxylation is 1. The van der Waals surface area contributed by atoms with E-state index in [0.717, 1.165) is 23.5 Å². The number of nitrogens with zero attached hydrogens (tertiary/aromatic N) is 3. The van der Waals surface area contributed by atoms with Crippen LogP contribution >= 0.6 is 0 Å². The molecule has 0 spiro atoms. The summed E-state index contributed by atoms with van der Waals surface area (Å²) in [6.07, 6.45) is 2.39. The largest absolute Gasteiger partial charge is 0.350 e. The summed E-state index contributed by atoms with van der Waals surface area (Å²) >= 11 is 0. The van der Waals surface area contributed by atoms with E-state index in [1.54, 1.807) is 18.2 Å². The summed E-state index contributed by atoms with van der Waals surface area (Å²) in [5.41, 5.74) is 1.73. The van der Waals surface area contributed by atoms with Crippen molar-refractivity contribution < 1.29 is 22.6 Å². The number of urea groups is 1. The summed E-state index contributed by atoms with van der Waals surface area (Å²) in [5.74, 6) is -2.27. The van der Waals surface area contributed by atoms with Crippen LogP contribution in [0.15, 0.2) is 46.8 Å². The van der Waals surface area contributed by atoms with Gasteiger partial charge in [0, 0.05) is 29.0 Å². The van der Waals surface area contributed by atoms with Crippen molar-refractivity contribution in [3.63, 3.8) is 0 Å². The first-order chi connectivity index (χ1) is 16.5. The van der Waals surface area contributed by atoms with Gasteiger partial charge in [-0.15, -0.1) is 0 Å². The molecule has 3 amide bonds. The van der Waals surface area contributed by atoms with Crippen LogP contribution in [0.2, 0.25) is 0 Å². The second-order valence-corrected chi connectivity index (χ2v) is 9.56. The smallest absolute Gasteiger partial charge is 0.328 e. The summed E-state index contributed by atoms with van der Waals surface area (Å²) in [7, 11) is -1.68. The molecule has 0 bridgehead atoms. The van der Waals surface area contributed by atoms with E-state index in [1.165, 1.54) is 13.2 Å². The molecule has 1 atom stereocenters. The molecule has 186 valence electrons. The fourth-order valence-electron chi connectivity index (χ4n) is 3.62. The number of hydrogen-bond donors (Lipinski definition) is 2. The molecule has 35 heavy (non-hydrogen) atoms. The number of rotatable bonds is 6. The van der Waals surface area contributed by atoms with Crippen LogP contribution in [0.3, 0.4) is 0 Å². The van der Waals surface area contributed by atoms with Crippen molar-refractivity contribution in [2.45, 2.75) is 52.4 Å². The third-order valence-electron chi connectivity index (χ3n) is 5.26. The lowest BCUT2D eigenvalue weighted by Gasteiger charge is -2.31. The van der Waals surface area contributed by atoms with Gasteiger partial charge in [0.2, 0.25) is 5.16 Å². The second-order valence-electron chi connectivity index (χ2n) is 8.28. The third kappa shape index (κ3) is 5.29. The topological polar surface area (TPSA) is 104 Å². The number of allylic oxidation sites excluding steroid dienone is 3. The molecule has 1 aromatic carbocycles. The first-order valence-corrected chi connectivity index (χ1v) is 12.4. The minimum atomic E-state index is -1.68. The Morgan fingerprint density at radius 3 is 2.54 bits per heavy atom. The van der Waals surface area contributed by atoms with Crippen molar-refractivity contribution in [1.29, 1.82) is 0 Å². The van der Waals surface area contributed by atoms with Gasteiger partial charge in [-0.1, -0.05) is 6.07 Å². The fourth-order valence-corrected chi connectivity index (χ4v) is 4.06. The molecule has 11 heteroatoms. The van der Waals surface area contributed by atoms with Crippen molar-refractivity contribution in [2.75, 3.05) is 11.2 Å². The molecular formula is C24H27F2N5O3S. The SMILES string of the molecule is C/C=C(F)\C(=C(/C)F)N1C(=O)NCc2c(-c3cc(C(=O)NC(C)C)ccc3C)nc(S(C)=O)nc21. The number of hydrogen-bond acceptors (Lipinski definition) is 5. The Labute approximate surface area is 205 Å². The minimum absolute atomic E-state index is 0.0332. The highest BCUT2D eigenvalue weighted by Gasteiger charge is 2.35. The Hall–Kier alpha value is -3.47. The number of anilines is 1. The lowest BCUT2D eigenvalue weighted by atomic mass is 9.97. The normalized spacial score (nSPS) is 15.4. The third-order valence-corrected chi connectivity index (χ3v) is 5.95. The number of halogens is 2. The van der Waals surface area contributed by atoms with E-state index in [-0.39, 0.29) is 29.5 Å². The lowest BCUT2D eigenvalue weighted by molar-refractivity contribution is 0.0943. The van der Waals surface area contributed by atoms with Crippen LogP contribution in [0.5, 0.6) is 0 Å². The molecule has 3 rings (SSSR count). The standard InChI is InChI=1S/C24H27F2N5O3S/c1-7-18(26)20(14(5)25)31-21-17(11-27-24(31)33)19(29-23(30-21)35(6)34)16-10-15(9-8-13(16)4)22(32)28-12(2)3/h7-10,12H,11H2,1-6H3,(H,27,33)(H,28,32)/b18-7+,20-14-. The van der Waals surface area contributed by atoms with E-state index in [0.29, 0.717) is 22.4 Å². The van der Waals surface area contributed by atoms with Crippen LogP contribution in [0, 0.1) is 6.92 Å². The van der Waals surface area contributed by atoms with Gasteiger partial charge < -0.3 is 10.6 Å². The van der Waals surface area contributed by atoms with Crippen LogP contribution in [-0.4, -0.2) is 38.4 Å². The molecule has 1 aromatic heterocycles. The van der Waals surface area contributed by atoms with E-state index >= 15 is 0 Å². The molecule has 0 radical (unpaired) electrons. The molecule has 0 fully saturated rings. The van der Waals surface area contributed by atoms with Crippen molar-refractivity contribution >= 4 is 28.6 Å². The first kappa shape index (κ1) is 26.1. The Bertz CT molecular complexity index is 1290. The predicted molar refractivity (Wildman–Crippen MR) is 131 cm³/mol. The van der Waals surface area contributed by atoms with Gasteiger partial charge in [0.1, 0.15) is 17.4 Å². The molecule has 1 unspecified atom stereocenters. The molecular weight excluding hydrogens is 476 g/mol. The summed E-state index contributed by atoms with van der Waals surface area (Å²) in [6, 6.07) is 4.19. The predicted octanol–water partition coefficient (Wildman–Crippen LogP) is 4.43. The molecule has 0 saturated heterocycles. The van der Waals surface area contributed by atoms with E-state index in [2.05, 4.69) is 20.6 Å². The Kier molecular flexibility index (Phi) is 7.79. The van der Waals surface area contributed by atoms with Crippen molar-refractivity contribution in [3.05, 3.63) is 58.3 Å². The summed E-state index contributed by atoms with van der Waals surface area (Å²) in [4.78, 5) is 34.9. The quantitative estimate of drug-likeness (QED) is 0.448. The van der Waals surface area contributed by atoms with Gasteiger partial charge in [0.05, 0.1) is 23.0 Å². The maximum atomic E-state index is 14.7. The number of aromatic nitrogens is 2. The van der Waals surface area contributed by atoms with E-state index < -0.39 is 34.2 Å². The Morgan fingerprint density at radius 2 is 1.97 bits per heavy atom. The van der Waals surface area contributed by atoms with Crippen LogP contribution in [0.1, 0.15) is 49.2 Å². The minimum Gasteiger partial charge on any atom is -0.350 e. The summed E-state index contributed by atoms with van der Waals surface area (Å²) in [5, 5.41) is 5.31. The molecule has 2 heterocycles. The zero-order valence-corrected chi connectivity index (χ0v) is 21.1. The van der Waals surface area contributed by atoms with Gasteiger partial charge in [0.15, 0.2) is 5.82 Å². The first-order valence-electron chi connectivity index (χ1n) is 10.9. The highest BCUT2D eigenvalue weighted by atomic mass is 32.2. The number of fused-ring (bicyclic) bond motifs is 1. The summed E-state index contributed by atoms with van der Waals surface area (Å²) in [6.45, 7) is 7.87. The van der Waals surface area contributed by atoms with Crippen LogP contribution < -0.4 is 15.5 Å². The van der Waals surface area contributed by atoms with Gasteiger partial charge >= 0.3 is 6.03 Å².